The van der Waals surface area contributed by atoms with E-state index in [0.29, 0.717) is 12.2 Å². The topological polar surface area (TPSA) is 103 Å². The van der Waals surface area contributed by atoms with Crippen LogP contribution in [0.1, 0.15) is 18.2 Å². The van der Waals surface area contributed by atoms with Gasteiger partial charge in [-0.25, -0.2) is 9.36 Å². The molecule has 3 atom stereocenters. The fourth-order valence-electron chi connectivity index (χ4n) is 2.66. The van der Waals surface area contributed by atoms with Crippen molar-refractivity contribution in [2.24, 2.45) is 0 Å². The highest BCUT2D eigenvalue weighted by atomic mass is 28.3. The van der Waals surface area contributed by atoms with E-state index >= 15 is 0 Å². The normalized spacial score (nSPS) is 24.0. The van der Waals surface area contributed by atoms with Gasteiger partial charge in [0.25, 0.3) is 5.56 Å². The molecule has 1 fully saturated rings. The van der Waals surface area contributed by atoms with Gasteiger partial charge in [-0.05, 0) is 13.0 Å². The lowest BCUT2D eigenvalue weighted by Gasteiger charge is -2.18. The van der Waals surface area contributed by atoms with E-state index in [0.717, 1.165) is 10.6 Å². The Morgan fingerprint density at radius 3 is 2.60 bits per heavy atom. The molecule has 9 heteroatoms. The van der Waals surface area contributed by atoms with E-state index in [1.165, 1.54) is 10.8 Å². The summed E-state index contributed by atoms with van der Waals surface area (Å²) in [6, 6.07) is 0.942. The molecule has 0 radical (unpaired) electrons. The molecule has 1 aliphatic rings. The Morgan fingerprint density at radius 2 is 2.04 bits per heavy atom. The first-order chi connectivity index (χ1) is 11.6. The molecule has 1 aliphatic heterocycles. The van der Waals surface area contributed by atoms with Crippen LogP contribution in [0.15, 0.2) is 15.8 Å². The quantitative estimate of drug-likeness (QED) is 0.526. The Labute approximate surface area is 147 Å². The molecule has 0 spiro atoms. The van der Waals surface area contributed by atoms with Gasteiger partial charge in [-0.1, -0.05) is 19.6 Å². The number of aryl methyl sites for hydroxylation is 1. The number of rotatable bonds is 7. The van der Waals surface area contributed by atoms with Gasteiger partial charge >= 0.3 is 5.69 Å². The standard InChI is InChI=1S/C16H28N2O6Si/c1-11-8-17(14-7-12(20)13(9-19)24-14)16(22)18(15(11)21)10-23-5-6-25(2,3)4/h8,12-14,19-20H,5-7,9-10H2,1-4H3/t12-,13-,14-/m1/s1. The van der Waals surface area contributed by atoms with Gasteiger partial charge in [0, 0.05) is 32.9 Å². The summed E-state index contributed by atoms with van der Waals surface area (Å²) in [5.74, 6) is 0. The third-order valence-electron chi connectivity index (χ3n) is 4.28. The largest absolute Gasteiger partial charge is 0.394 e. The second kappa shape index (κ2) is 7.96. The minimum atomic E-state index is -1.25. The van der Waals surface area contributed by atoms with Crippen LogP contribution >= 0.6 is 0 Å². The maximum atomic E-state index is 12.7. The molecule has 0 bridgehead atoms. The summed E-state index contributed by atoms with van der Waals surface area (Å²) < 4.78 is 13.4. The summed E-state index contributed by atoms with van der Waals surface area (Å²) in [5, 5.41) is 19.1. The first-order valence-electron chi connectivity index (χ1n) is 8.49. The minimum absolute atomic E-state index is 0.109. The Morgan fingerprint density at radius 1 is 1.36 bits per heavy atom. The molecule has 0 amide bonds. The Balaban J connectivity index is 2.20. The number of ether oxygens (including phenoxy) is 2. The van der Waals surface area contributed by atoms with Gasteiger partial charge in [0.1, 0.15) is 19.1 Å². The van der Waals surface area contributed by atoms with E-state index in [4.69, 9.17) is 9.47 Å². The van der Waals surface area contributed by atoms with Crippen molar-refractivity contribution in [1.82, 2.24) is 9.13 Å². The molecule has 8 nitrogen and oxygen atoms in total. The summed E-state index contributed by atoms with van der Waals surface area (Å²) in [7, 11) is -1.25. The van der Waals surface area contributed by atoms with Gasteiger partial charge in [-0.3, -0.25) is 9.36 Å². The van der Waals surface area contributed by atoms with Crippen molar-refractivity contribution in [3.05, 3.63) is 32.6 Å². The molecule has 1 saturated heterocycles. The zero-order valence-electron chi connectivity index (χ0n) is 15.3. The van der Waals surface area contributed by atoms with Crippen LogP contribution in [0, 0.1) is 6.92 Å². The van der Waals surface area contributed by atoms with E-state index < -0.39 is 37.8 Å². The van der Waals surface area contributed by atoms with Crippen molar-refractivity contribution in [2.75, 3.05) is 13.2 Å². The van der Waals surface area contributed by atoms with Crippen molar-refractivity contribution in [3.63, 3.8) is 0 Å². The molecule has 0 aliphatic carbocycles. The van der Waals surface area contributed by atoms with Crippen molar-refractivity contribution in [2.45, 2.75) is 64.2 Å². The van der Waals surface area contributed by atoms with Crippen molar-refractivity contribution in [1.29, 1.82) is 0 Å². The van der Waals surface area contributed by atoms with Gasteiger partial charge in [0.05, 0.1) is 12.7 Å². The molecule has 2 rings (SSSR count). The van der Waals surface area contributed by atoms with E-state index in [2.05, 4.69) is 19.6 Å². The van der Waals surface area contributed by atoms with E-state index in [1.54, 1.807) is 6.92 Å². The van der Waals surface area contributed by atoms with Crippen LogP contribution in [0.3, 0.4) is 0 Å². The van der Waals surface area contributed by atoms with Crippen molar-refractivity contribution < 1.29 is 19.7 Å². The van der Waals surface area contributed by atoms with Gasteiger partial charge < -0.3 is 19.7 Å². The third-order valence-corrected chi connectivity index (χ3v) is 5.98. The molecule has 142 valence electrons. The predicted octanol–water partition coefficient (Wildman–Crippen LogP) is 0.271. The number of nitrogens with zero attached hydrogens (tertiary/aromatic N) is 2. The number of aromatic nitrogens is 2. The molecule has 0 unspecified atom stereocenters. The van der Waals surface area contributed by atoms with Gasteiger partial charge in [0.15, 0.2) is 0 Å². The summed E-state index contributed by atoms with van der Waals surface area (Å²) in [6.45, 7) is 8.35. The molecular weight excluding hydrogens is 344 g/mol. The number of aliphatic hydroxyl groups is 2. The first-order valence-corrected chi connectivity index (χ1v) is 12.2. The maximum absolute atomic E-state index is 12.7. The highest BCUT2D eigenvalue weighted by Crippen LogP contribution is 2.27. The molecule has 2 heterocycles. The van der Waals surface area contributed by atoms with Gasteiger partial charge in [-0.2, -0.15) is 0 Å². The average Bonchev–Trinajstić information content (AvgIpc) is 2.89. The number of hydrogen-bond donors (Lipinski definition) is 2. The zero-order valence-corrected chi connectivity index (χ0v) is 16.3. The van der Waals surface area contributed by atoms with Crippen LogP contribution in [0.5, 0.6) is 0 Å². The van der Waals surface area contributed by atoms with E-state index in [9.17, 15) is 19.8 Å². The van der Waals surface area contributed by atoms with Crippen molar-refractivity contribution in [3.8, 4) is 0 Å². The highest BCUT2D eigenvalue weighted by Gasteiger charge is 2.35. The zero-order chi connectivity index (χ0) is 18.8. The molecule has 0 aromatic carbocycles. The fourth-order valence-corrected chi connectivity index (χ4v) is 3.42. The van der Waals surface area contributed by atoms with Gasteiger partial charge in [-0.15, -0.1) is 0 Å². The molecule has 0 saturated carbocycles. The van der Waals surface area contributed by atoms with Gasteiger partial charge in [0.2, 0.25) is 0 Å². The smallest absolute Gasteiger partial charge is 0.335 e. The summed E-state index contributed by atoms with van der Waals surface area (Å²) in [5.41, 5.74) is -0.551. The van der Waals surface area contributed by atoms with Crippen molar-refractivity contribution >= 4 is 8.07 Å². The molecule has 25 heavy (non-hydrogen) atoms. The van der Waals surface area contributed by atoms with E-state index in [1.807, 2.05) is 0 Å². The lowest BCUT2D eigenvalue weighted by molar-refractivity contribution is -0.0470. The minimum Gasteiger partial charge on any atom is -0.394 e. The SMILES string of the molecule is Cc1cn([C@H]2C[C@@H](O)[C@@H](CO)O2)c(=O)n(COCC[Si](C)(C)C)c1=O. The summed E-state index contributed by atoms with van der Waals surface area (Å²) in [6.07, 6.45) is -0.687. The monoisotopic (exact) mass is 372 g/mol. The molecule has 1 aromatic rings. The fraction of sp³-hybridized carbons (Fsp3) is 0.750. The molecule has 1 aromatic heterocycles. The molecule has 2 N–H and O–H groups in total. The third kappa shape index (κ3) is 4.89. The van der Waals surface area contributed by atoms with E-state index in [-0.39, 0.29) is 19.8 Å². The number of aliphatic hydroxyl groups excluding tert-OH is 2. The second-order valence-corrected chi connectivity index (χ2v) is 13.3. The van der Waals surface area contributed by atoms with Crippen LogP contribution < -0.4 is 11.2 Å². The Kier molecular flexibility index (Phi) is 6.39. The predicted molar refractivity (Wildman–Crippen MR) is 95.4 cm³/mol. The van der Waals surface area contributed by atoms with Crippen LogP contribution in [-0.2, 0) is 16.2 Å². The van der Waals surface area contributed by atoms with Crippen LogP contribution in [0.4, 0.5) is 0 Å². The van der Waals surface area contributed by atoms with Crippen LogP contribution in [0.2, 0.25) is 25.7 Å². The molecular formula is C16H28N2O6Si. The summed E-state index contributed by atoms with van der Waals surface area (Å²) in [4.78, 5) is 24.9. The van der Waals surface area contributed by atoms with Crippen LogP contribution in [0.25, 0.3) is 0 Å². The number of hydrogen-bond acceptors (Lipinski definition) is 6. The van der Waals surface area contributed by atoms with Crippen LogP contribution in [-0.4, -0.2) is 52.8 Å². The maximum Gasteiger partial charge on any atom is 0.335 e. The average molecular weight is 372 g/mol. The second-order valence-electron chi connectivity index (χ2n) is 7.70. The lowest BCUT2D eigenvalue weighted by atomic mass is 10.2. The first kappa shape index (κ1) is 20.1. The highest BCUT2D eigenvalue weighted by molar-refractivity contribution is 6.76. The summed E-state index contributed by atoms with van der Waals surface area (Å²) >= 11 is 0. The Hall–Kier alpha value is -1.26. The Bertz CT molecular complexity index is 708. The lowest BCUT2D eigenvalue weighted by Crippen LogP contribution is -2.42.